The Morgan fingerprint density at radius 2 is 1.10 bits per heavy atom. The van der Waals surface area contributed by atoms with Crippen LogP contribution in [0.25, 0.3) is 0 Å². The lowest BCUT2D eigenvalue weighted by Crippen LogP contribution is -2.15. The third kappa shape index (κ3) is 7.33. The van der Waals surface area contributed by atoms with Crippen LogP contribution in [-0.2, 0) is 25.6 Å². The Labute approximate surface area is 178 Å². The van der Waals surface area contributed by atoms with Crippen LogP contribution in [0, 0.1) is 0 Å². The van der Waals surface area contributed by atoms with Crippen molar-refractivity contribution in [2.45, 2.75) is 33.1 Å². The molecule has 2 amide bonds. The molecular formula is C21H20Cl2N2O4. The van der Waals surface area contributed by atoms with Crippen LogP contribution < -0.4 is 10.6 Å². The second-order valence-corrected chi connectivity index (χ2v) is 7.47. The smallest absolute Gasteiger partial charge is 0.231 e. The van der Waals surface area contributed by atoms with E-state index in [1.165, 1.54) is 13.8 Å². The van der Waals surface area contributed by atoms with Crippen molar-refractivity contribution in [3.63, 3.8) is 0 Å². The summed E-state index contributed by atoms with van der Waals surface area (Å²) in [6.07, 6.45) is 0.126. The first kappa shape index (κ1) is 22.6. The molecule has 2 N–H and O–H groups in total. The van der Waals surface area contributed by atoms with Gasteiger partial charge in [0.25, 0.3) is 0 Å². The fourth-order valence-electron chi connectivity index (χ4n) is 2.62. The molecule has 0 saturated heterocycles. The van der Waals surface area contributed by atoms with Crippen LogP contribution in [0.15, 0.2) is 36.4 Å². The lowest BCUT2D eigenvalue weighted by atomic mass is 10.0. The molecule has 2 aromatic carbocycles. The van der Waals surface area contributed by atoms with Crippen LogP contribution in [0.5, 0.6) is 0 Å². The van der Waals surface area contributed by atoms with E-state index in [1.54, 1.807) is 24.3 Å². The SMILES string of the molecule is CC(=O)CC(=O)Nc1ccc(Cc2ccc(NC(=O)CC(C)=O)c(Cl)c2)cc1Cl. The first-order valence-electron chi connectivity index (χ1n) is 8.79. The molecule has 0 fully saturated rings. The van der Waals surface area contributed by atoms with Crippen LogP contribution in [0.2, 0.25) is 10.0 Å². The molecule has 0 radical (unpaired) electrons. The molecule has 0 atom stereocenters. The molecule has 2 aromatic rings. The predicted octanol–water partition coefficient (Wildman–Crippen LogP) is 4.42. The molecule has 0 saturated carbocycles. The number of halogens is 2. The first-order chi connectivity index (χ1) is 13.6. The minimum atomic E-state index is -0.415. The van der Waals surface area contributed by atoms with Gasteiger partial charge in [0.1, 0.15) is 11.6 Å². The maximum absolute atomic E-state index is 11.7. The Kier molecular flexibility index (Phi) is 7.93. The minimum absolute atomic E-state index is 0.202. The average molecular weight is 435 g/mol. The summed E-state index contributed by atoms with van der Waals surface area (Å²) in [5.41, 5.74) is 2.65. The summed E-state index contributed by atoms with van der Waals surface area (Å²) in [6.45, 7) is 2.69. The summed E-state index contributed by atoms with van der Waals surface area (Å²) in [5, 5.41) is 5.93. The van der Waals surface area contributed by atoms with Crippen molar-refractivity contribution in [2.75, 3.05) is 10.6 Å². The molecule has 0 aliphatic carbocycles. The number of rotatable bonds is 8. The average Bonchev–Trinajstić information content (AvgIpc) is 2.58. The van der Waals surface area contributed by atoms with Gasteiger partial charge in [0.15, 0.2) is 0 Å². The predicted molar refractivity (Wildman–Crippen MR) is 114 cm³/mol. The van der Waals surface area contributed by atoms with E-state index in [0.717, 1.165) is 11.1 Å². The molecule has 0 aromatic heterocycles. The zero-order chi connectivity index (χ0) is 21.6. The van der Waals surface area contributed by atoms with Gasteiger partial charge in [-0.05, 0) is 55.7 Å². The molecule has 8 heteroatoms. The van der Waals surface area contributed by atoms with Crippen molar-refractivity contribution in [1.82, 2.24) is 0 Å². The van der Waals surface area contributed by atoms with E-state index in [1.807, 2.05) is 12.1 Å². The second kappa shape index (κ2) is 10.2. The topological polar surface area (TPSA) is 92.3 Å². The van der Waals surface area contributed by atoms with Crippen LogP contribution in [0.3, 0.4) is 0 Å². The summed E-state index contributed by atoms with van der Waals surface area (Å²) in [5.74, 6) is -1.29. The summed E-state index contributed by atoms with van der Waals surface area (Å²) >= 11 is 12.5. The minimum Gasteiger partial charge on any atom is -0.324 e. The fraction of sp³-hybridized carbons (Fsp3) is 0.238. The molecular weight excluding hydrogens is 415 g/mol. The van der Waals surface area contributed by atoms with Crippen LogP contribution in [-0.4, -0.2) is 23.4 Å². The molecule has 0 bridgehead atoms. The Balaban J connectivity index is 2.06. The standard InChI is InChI=1S/C21H20Cl2N2O4/c1-12(26)7-20(28)24-18-5-3-14(10-16(18)22)9-15-4-6-19(17(23)11-15)25-21(29)8-13(2)27/h3-6,10-11H,7-9H2,1-2H3,(H,24,28)(H,25,29). The molecule has 0 aliphatic rings. The lowest BCUT2D eigenvalue weighted by Gasteiger charge is -2.11. The summed E-state index contributed by atoms with van der Waals surface area (Å²) < 4.78 is 0. The number of hydrogen-bond acceptors (Lipinski definition) is 4. The highest BCUT2D eigenvalue weighted by atomic mass is 35.5. The van der Waals surface area contributed by atoms with Crippen molar-refractivity contribution in [3.8, 4) is 0 Å². The van der Waals surface area contributed by atoms with E-state index < -0.39 is 11.8 Å². The summed E-state index contributed by atoms with van der Waals surface area (Å²) in [4.78, 5) is 45.4. The summed E-state index contributed by atoms with van der Waals surface area (Å²) in [7, 11) is 0. The van der Waals surface area contributed by atoms with Gasteiger partial charge >= 0.3 is 0 Å². The van der Waals surface area contributed by atoms with E-state index in [0.29, 0.717) is 27.8 Å². The number of benzene rings is 2. The van der Waals surface area contributed by atoms with Crippen LogP contribution in [0.1, 0.15) is 37.8 Å². The Hall–Kier alpha value is -2.70. The highest BCUT2D eigenvalue weighted by Gasteiger charge is 2.11. The monoisotopic (exact) mass is 434 g/mol. The molecule has 2 rings (SSSR count). The number of ketones is 2. The van der Waals surface area contributed by atoms with E-state index in [4.69, 9.17) is 23.2 Å². The van der Waals surface area contributed by atoms with Crippen molar-refractivity contribution in [3.05, 3.63) is 57.6 Å². The van der Waals surface area contributed by atoms with Gasteiger partial charge in [-0.3, -0.25) is 19.2 Å². The molecule has 0 spiro atoms. The van der Waals surface area contributed by atoms with Crippen molar-refractivity contribution < 1.29 is 19.2 Å². The summed E-state index contributed by atoms with van der Waals surface area (Å²) in [6, 6.07) is 10.4. The molecule has 152 valence electrons. The van der Waals surface area contributed by atoms with Gasteiger partial charge in [0.05, 0.1) is 34.3 Å². The molecule has 0 unspecified atom stereocenters. The van der Waals surface area contributed by atoms with E-state index in [-0.39, 0.29) is 24.4 Å². The number of nitrogens with one attached hydrogen (secondary N) is 2. The number of hydrogen-bond donors (Lipinski definition) is 2. The maximum atomic E-state index is 11.7. The molecule has 6 nitrogen and oxygen atoms in total. The van der Waals surface area contributed by atoms with E-state index in [2.05, 4.69) is 10.6 Å². The van der Waals surface area contributed by atoms with E-state index in [9.17, 15) is 19.2 Å². The number of amides is 2. The van der Waals surface area contributed by atoms with Gasteiger partial charge < -0.3 is 10.6 Å². The fourth-order valence-corrected chi connectivity index (χ4v) is 3.12. The largest absolute Gasteiger partial charge is 0.324 e. The zero-order valence-corrected chi connectivity index (χ0v) is 17.5. The van der Waals surface area contributed by atoms with Gasteiger partial charge in [-0.1, -0.05) is 35.3 Å². The normalized spacial score (nSPS) is 10.3. The number of anilines is 2. The van der Waals surface area contributed by atoms with Crippen molar-refractivity contribution >= 4 is 58.0 Å². The molecule has 0 aliphatic heterocycles. The third-order valence-electron chi connectivity index (χ3n) is 3.84. The third-order valence-corrected chi connectivity index (χ3v) is 4.47. The molecule has 0 heterocycles. The van der Waals surface area contributed by atoms with Gasteiger partial charge in [-0.2, -0.15) is 0 Å². The van der Waals surface area contributed by atoms with Crippen molar-refractivity contribution in [2.24, 2.45) is 0 Å². The number of carbonyl (C=O) groups excluding carboxylic acids is 4. The zero-order valence-electron chi connectivity index (χ0n) is 16.0. The second-order valence-electron chi connectivity index (χ2n) is 6.66. The Bertz CT molecular complexity index is 896. The number of carbonyl (C=O) groups is 4. The van der Waals surface area contributed by atoms with Gasteiger partial charge in [0.2, 0.25) is 11.8 Å². The quantitative estimate of drug-likeness (QED) is 0.601. The Morgan fingerprint density at radius 3 is 1.41 bits per heavy atom. The lowest BCUT2D eigenvalue weighted by molar-refractivity contribution is -0.125. The highest BCUT2D eigenvalue weighted by molar-refractivity contribution is 6.34. The van der Waals surface area contributed by atoms with Crippen LogP contribution in [0.4, 0.5) is 11.4 Å². The van der Waals surface area contributed by atoms with Gasteiger partial charge in [0, 0.05) is 0 Å². The Morgan fingerprint density at radius 1 is 0.724 bits per heavy atom. The number of Topliss-reactive ketones (excluding diaryl/α,β-unsaturated/α-hetero) is 2. The van der Waals surface area contributed by atoms with Gasteiger partial charge in [-0.25, -0.2) is 0 Å². The maximum Gasteiger partial charge on any atom is 0.231 e. The van der Waals surface area contributed by atoms with Gasteiger partial charge in [-0.15, -0.1) is 0 Å². The van der Waals surface area contributed by atoms with Crippen molar-refractivity contribution in [1.29, 1.82) is 0 Å². The van der Waals surface area contributed by atoms with E-state index >= 15 is 0 Å². The highest BCUT2D eigenvalue weighted by Crippen LogP contribution is 2.27. The van der Waals surface area contributed by atoms with Crippen LogP contribution >= 0.6 is 23.2 Å². The molecule has 29 heavy (non-hydrogen) atoms. The first-order valence-corrected chi connectivity index (χ1v) is 9.55.